The van der Waals surface area contributed by atoms with E-state index in [0.717, 1.165) is 18.5 Å². The lowest BCUT2D eigenvalue weighted by atomic mass is 10.0. The first-order chi connectivity index (χ1) is 13.9. The van der Waals surface area contributed by atoms with Crippen molar-refractivity contribution in [2.75, 3.05) is 0 Å². The SMILES string of the molecule is Fc1cnc(-c2nncc(-c3ccc(F)c(-c4ncc(F)cc4F)c3)n2)c(F)c1. The zero-order valence-corrected chi connectivity index (χ0v) is 14.2. The lowest BCUT2D eigenvalue weighted by Gasteiger charge is -2.08. The first-order valence-electron chi connectivity index (χ1n) is 8.05. The Kier molecular flexibility index (Phi) is 4.67. The molecule has 5 nitrogen and oxygen atoms in total. The largest absolute Gasteiger partial charge is 0.250 e. The maximum Gasteiger partial charge on any atom is 0.204 e. The summed E-state index contributed by atoms with van der Waals surface area (Å²) in [7, 11) is 0. The van der Waals surface area contributed by atoms with Gasteiger partial charge in [-0.15, -0.1) is 5.10 Å². The summed E-state index contributed by atoms with van der Waals surface area (Å²) in [6.45, 7) is 0. The second-order valence-corrected chi connectivity index (χ2v) is 5.83. The Labute approximate surface area is 159 Å². The Bertz CT molecular complexity index is 1230. The van der Waals surface area contributed by atoms with E-state index in [-0.39, 0.29) is 34.0 Å². The molecule has 3 heterocycles. The topological polar surface area (TPSA) is 64.5 Å². The summed E-state index contributed by atoms with van der Waals surface area (Å²) in [5.41, 5.74) is -0.519. The van der Waals surface area contributed by atoms with Crippen molar-refractivity contribution in [1.29, 1.82) is 0 Å². The van der Waals surface area contributed by atoms with Gasteiger partial charge in [-0.05, 0) is 18.2 Å². The number of halogens is 5. The average Bonchev–Trinajstić information content (AvgIpc) is 2.69. The molecule has 1 aromatic carbocycles. The summed E-state index contributed by atoms with van der Waals surface area (Å²) < 4.78 is 68.4. The molecule has 0 atom stereocenters. The van der Waals surface area contributed by atoms with Crippen LogP contribution < -0.4 is 0 Å². The number of benzene rings is 1. The molecule has 0 saturated heterocycles. The van der Waals surface area contributed by atoms with Crippen LogP contribution in [0.15, 0.2) is 48.9 Å². The van der Waals surface area contributed by atoms with Crippen molar-refractivity contribution < 1.29 is 22.0 Å². The van der Waals surface area contributed by atoms with Gasteiger partial charge >= 0.3 is 0 Å². The molecule has 29 heavy (non-hydrogen) atoms. The third-order valence-electron chi connectivity index (χ3n) is 3.90. The molecule has 0 aliphatic carbocycles. The van der Waals surface area contributed by atoms with Crippen LogP contribution in [0.3, 0.4) is 0 Å². The molecule has 0 aliphatic heterocycles. The van der Waals surface area contributed by atoms with Crippen LogP contribution in [0.4, 0.5) is 22.0 Å². The average molecular weight is 401 g/mol. The molecule has 0 bridgehead atoms. The maximum absolute atomic E-state index is 14.2. The minimum absolute atomic E-state index is 0.143. The molecule has 0 N–H and O–H groups in total. The zero-order valence-electron chi connectivity index (χ0n) is 14.2. The Morgan fingerprint density at radius 1 is 0.655 bits per heavy atom. The van der Waals surface area contributed by atoms with Gasteiger partial charge in [0.2, 0.25) is 5.82 Å². The molecule has 0 unspecified atom stereocenters. The van der Waals surface area contributed by atoms with Crippen LogP contribution in [0.5, 0.6) is 0 Å². The molecule has 10 heteroatoms. The Balaban J connectivity index is 1.80. The van der Waals surface area contributed by atoms with Crippen molar-refractivity contribution in [3.63, 3.8) is 0 Å². The number of rotatable bonds is 3. The molecule has 4 aromatic rings. The monoisotopic (exact) mass is 401 g/mol. The molecule has 0 radical (unpaired) electrons. The quantitative estimate of drug-likeness (QED) is 0.478. The minimum atomic E-state index is -1.04. The molecule has 3 aromatic heterocycles. The highest BCUT2D eigenvalue weighted by Crippen LogP contribution is 2.29. The minimum Gasteiger partial charge on any atom is -0.250 e. The molecule has 0 aliphatic rings. The van der Waals surface area contributed by atoms with Gasteiger partial charge in [0, 0.05) is 23.3 Å². The third-order valence-corrected chi connectivity index (χ3v) is 3.90. The van der Waals surface area contributed by atoms with Crippen molar-refractivity contribution in [1.82, 2.24) is 25.1 Å². The van der Waals surface area contributed by atoms with Crippen LogP contribution in [0.1, 0.15) is 0 Å². The van der Waals surface area contributed by atoms with Gasteiger partial charge in [-0.25, -0.2) is 31.9 Å². The molecule has 144 valence electrons. The van der Waals surface area contributed by atoms with Crippen LogP contribution >= 0.6 is 0 Å². The number of nitrogens with zero attached hydrogens (tertiary/aromatic N) is 5. The smallest absolute Gasteiger partial charge is 0.204 e. The molecular weight excluding hydrogens is 393 g/mol. The van der Waals surface area contributed by atoms with E-state index in [4.69, 9.17) is 0 Å². The van der Waals surface area contributed by atoms with Gasteiger partial charge in [0.15, 0.2) is 11.6 Å². The lowest BCUT2D eigenvalue weighted by Crippen LogP contribution is -2.00. The summed E-state index contributed by atoms with van der Waals surface area (Å²) in [6.07, 6.45) is 2.78. The molecule has 4 rings (SSSR count). The van der Waals surface area contributed by atoms with Crippen molar-refractivity contribution in [2.24, 2.45) is 0 Å². The van der Waals surface area contributed by atoms with Gasteiger partial charge < -0.3 is 0 Å². The lowest BCUT2D eigenvalue weighted by molar-refractivity contribution is 0.573. The second kappa shape index (κ2) is 7.30. The Morgan fingerprint density at radius 3 is 1.97 bits per heavy atom. The molecular formula is C19H8F5N5. The van der Waals surface area contributed by atoms with E-state index in [0.29, 0.717) is 12.1 Å². The van der Waals surface area contributed by atoms with Crippen LogP contribution in [0.25, 0.3) is 34.0 Å². The van der Waals surface area contributed by atoms with Crippen molar-refractivity contribution in [2.45, 2.75) is 0 Å². The number of hydrogen-bond donors (Lipinski definition) is 0. The summed E-state index contributed by atoms with van der Waals surface area (Å²) in [5.74, 6) is -4.81. The first kappa shape index (κ1) is 18.5. The third kappa shape index (κ3) is 3.64. The van der Waals surface area contributed by atoms with Gasteiger partial charge in [0.1, 0.15) is 28.8 Å². The molecule has 0 spiro atoms. The van der Waals surface area contributed by atoms with Crippen LogP contribution in [0.2, 0.25) is 0 Å². The van der Waals surface area contributed by atoms with E-state index in [1.165, 1.54) is 18.3 Å². The highest BCUT2D eigenvalue weighted by atomic mass is 19.1. The predicted octanol–water partition coefficient (Wildman–Crippen LogP) is 4.36. The highest BCUT2D eigenvalue weighted by Gasteiger charge is 2.17. The van der Waals surface area contributed by atoms with Gasteiger partial charge in [-0.1, -0.05) is 0 Å². The van der Waals surface area contributed by atoms with Gasteiger partial charge in [-0.3, -0.25) is 4.98 Å². The van der Waals surface area contributed by atoms with E-state index in [9.17, 15) is 22.0 Å². The van der Waals surface area contributed by atoms with Crippen molar-refractivity contribution >= 4 is 0 Å². The standard InChI is InChI=1S/C19H8F5N5/c20-10-4-14(23)17(25-6-10)12-3-9(1-2-13(12)22)16-8-27-29-19(28-16)18-15(24)5-11(21)7-26-18/h1-8H. The fourth-order valence-electron chi connectivity index (χ4n) is 2.60. The van der Waals surface area contributed by atoms with Crippen LogP contribution in [-0.4, -0.2) is 25.1 Å². The van der Waals surface area contributed by atoms with E-state index in [1.807, 2.05) is 0 Å². The van der Waals surface area contributed by atoms with E-state index in [1.54, 1.807) is 0 Å². The van der Waals surface area contributed by atoms with E-state index < -0.39 is 29.1 Å². The second-order valence-electron chi connectivity index (χ2n) is 5.83. The Hall–Kier alpha value is -3.82. The van der Waals surface area contributed by atoms with Gasteiger partial charge in [-0.2, -0.15) is 5.10 Å². The predicted molar refractivity (Wildman–Crippen MR) is 91.5 cm³/mol. The fraction of sp³-hybridized carbons (Fsp3) is 0. The maximum atomic E-state index is 14.2. The van der Waals surface area contributed by atoms with E-state index in [2.05, 4.69) is 25.1 Å². The molecule has 0 saturated carbocycles. The number of aromatic nitrogens is 5. The highest BCUT2D eigenvalue weighted by molar-refractivity contribution is 5.70. The van der Waals surface area contributed by atoms with Gasteiger partial charge in [0.25, 0.3) is 0 Å². The molecule has 0 fully saturated rings. The number of pyridine rings is 2. The summed E-state index contributed by atoms with van der Waals surface area (Å²) in [6, 6.07) is 4.83. The normalized spacial score (nSPS) is 10.9. The fourth-order valence-corrected chi connectivity index (χ4v) is 2.60. The number of hydrogen-bond acceptors (Lipinski definition) is 5. The summed E-state index contributed by atoms with van der Waals surface area (Å²) in [5, 5.41) is 7.38. The van der Waals surface area contributed by atoms with E-state index >= 15 is 0 Å². The van der Waals surface area contributed by atoms with Crippen LogP contribution in [-0.2, 0) is 0 Å². The van der Waals surface area contributed by atoms with Gasteiger partial charge in [0.05, 0.1) is 24.3 Å². The summed E-state index contributed by atoms with van der Waals surface area (Å²) in [4.78, 5) is 11.3. The van der Waals surface area contributed by atoms with Crippen LogP contribution in [0, 0.1) is 29.1 Å². The van der Waals surface area contributed by atoms with Crippen molar-refractivity contribution in [3.05, 3.63) is 78.0 Å². The first-order valence-corrected chi connectivity index (χ1v) is 8.05. The summed E-state index contributed by atoms with van der Waals surface area (Å²) >= 11 is 0. The Morgan fingerprint density at radius 2 is 1.31 bits per heavy atom. The van der Waals surface area contributed by atoms with Crippen molar-refractivity contribution in [3.8, 4) is 34.0 Å². The molecule has 0 amide bonds. The zero-order chi connectivity index (χ0) is 20.5.